The van der Waals surface area contributed by atoms with Crippen LogP contribution in [-0.4, -0.2) is 24.0 Å². The van der Waals surface area contributed by atoms with Crippen molar-refractivity contribution in [2.24, 2.45) is 0 Å². The number of carbonyl (C=O) groups excluding carboxylic acids is 1. The molecule has 1 N–H and O–H groups in total. The number of hydrogen-bond acceptors (Lipinski definition) is 4. The van der Waals surface area contributed by atoms with Crippen molar-refractivity contribution < 1.29 is 9.53 Å². The minimum Gasteiger partial charge on any atom is -0.374 e. The third-order valence-corrected chi connectivity index (χ3v) is 4.63. The molecule has 0 unspecified atom stereocenters. The smallest absolute Gasteiger partial charge is 0.251 e. The maximum atomic E-state index is 12.2. The highest BCUT2D eigenvalue weighted by molar-refractivity contribution is 7.16. The maximum Gasteiger partial charge on any atom is 0.251 e. The first-order chi connectivity index (χ1) is 11.7. The molecular formula is C19H20N2O2S. The summed E-state index contributed by atoms with van der Waals surface area (Å²) in [5.41, 5.74) is 4.56. The molecule has 1 amide bonds. The summed E-state index contributed by atoms with van der Waals surface area (Å²) < 4.78 is 6.84. The van der Waals surface area contributed by atoms with Gasteiger partial charge in [-0.2, -0.15) is 0 Å². The van der Waals surface area contributed by atoms with E-state index >= 15 is 0 Å². The van der Waals surface area contributed by atoms with E-state index in [0.29, 0.717) is 18.7 Å². The fourth-order valence-electron chi connectivity index (χ4n) is 2.45. The second kappa shape index (κ2) is 8.04. The molecule has 0 spiro atoms. The molecule has 3 aromatic rings. The monoisotopic (exact) mass is 340 g/mol. The van der Waals surface area contributed by atoms with Gasteiger partial charge in [-0.1, -0.05) is 30.3 Å². The number of nitrogens with zero attached hydrogens (tertiary/aromatic N) is 1. The molecule has 0 radical (unpaired) electrons. The lowest BCUT2D eigenvalue weighted by molar-refractivity contribution is 0.0635. The third kappa shape index (κ3) is 4.19. The summed E-state index contributed by atoms with van der Waals surface area (Å²) in [6, 6.07) is 15.7. The third-order valence-electron chi connectivity index (χ3n) is 3.84. The van der Waals surface area contributed by atoms with Crippen molar-refractivity contribution in [3.63, 3.8) is 0 Å². The van der Waals surface area contributed by atoms with Gasteiger partial charge in [0.05, 0.1) is 21.8 Å². The van der Waals surface area contributed by atoms with E-state index in [9.17, 15) is 4.79 Å². The Morgan fingerprint density at radius 1 is 1.25 bits per heavy atom. The van der Waals surface area contributed by atoms with Crippen LogP contribution in [0.15, 0.2) is 54.0 Å². The number of aromatic nitrogens is 1. The first kappa shape index (κ1) is 16.6. The molecule has 1 heterocycles. The Hall–Kier alpha value is -2.24. The maximum absolute atomic E-state index is 12.2. The molecule has 1 atom stereocenters. The van der Waals surface area contributed by atoms with E-state index in [0.717, 1.165) is 16.6 Å². The minimum atomic E-state index is -0.0543. The van der Waals surface area contributed by atoms with Crippen molar-refractivity contribution in [1.82, 2.24) is 10.3 Å². The van der Waals surface area contributed by atoms with Gasteiger partial charge < -0.3 is 10.1 Å². The van der Waals surface area contributed by atoms with Gasteiger partial charge in [-0.25, -0.2) is 4.98 Å². The van der Waals surface area contributed by atoms with Crippen LogP contribution in [0, 0.1) is 0 Å². The quantitative estimate of drug-likeness (QED) is 0.656. The molecule has 0 bridgehead atoms. The lowest BCUT2D eigenvalue weighted by atomic mass is 10.1. The van der Waals surface area contributed by atoms with E-state index < -0.39 is 0 Å². The summed E-state index contributed by atoms with van der Waals surface area (Å²) in [5, 5.41) is 2.93. The zero-order valence-electron chi connectivity index (χ0n) is 13.6. The second-order valence-corrected chi connectivity index (χ2v) is 6.45. The Labute approximate surface area is 145 Å². The van der Waals surface area contributed by atoms with Crippen LogP contribution in [0.25, 0.3) is 10.2 Å². The summed E-state index contributed by atoms with van der Waals surface area (Å²) in [6.45, 7) is 3.25. The molecule has 0 aliphatic heterocycles. The number of amides is 1. The van der Waals surface area contributed by atoms with Crippen molar-refractivity contribution in [1.29, 1.82) is 0 Å². The molecule has 0 aliphatic carbocycles. The summed E-state index contributed by atoms with van der Waals surface area (Å²) in [6.07, 6.45) is 0.849. The van der Waals surface area contributed by atoms with Gasteiger partial charge in [0, 0.05) is 18.7 Å². The average molecular weight is 340 g/mol. The van der Waals surface area contributed by atoms with Crippen LogP contribution in [0.3, 0.4) is 0 Å². The highest BCUT2D eigenvalue weighted by Crippen LogP contribution is 2.19. The van der Waals surface area contributed by atoms with E-state index in [1.165, 1.54) is 5.56 Å². The van der Waals surface area contributed by atoms with Crippen molar-refractivity contribution in [2.75, 3.05) is 13.2 Å². The molecule has 0 saturated carbocycles. The summed E-state index contributed by atoms with van der Waals surface area (Å²) in [7, 11) is 0. The van der Waals surface area contributed by atoms with Gasteiger partial charge in [0.25, 0.3) is 5.91 Å². The number of carbonyl (C=O) groups is 1. The van der Waals surface area contributed by atoms with Crippen LogP contribution in [0.1, 0.15) is 35.4 Å². The second-order valence-electron chi connectivity index (χ2n) is 5.57. The topological polar surface area (TPSA) is 51.2 Å². The first-order valence-corrected chi connectivity index (χ1v) is 8.90. The molecule has 3 rings (SSSR count). The summed E-state index contributed by atoms with van der Waals surface area (Å²) in [5.74, 6) is -0.0543. The fourth-order valence-corrected chi connectivity index (χ4v) is 3.17. The number of thiazole rings is 1. The number of hydrogen-bond donors (Lipinski definition) is 1. The standard InChI is InChI=1S/C19H20N2O2S/c1-14(15-6-3-2-4-7-15)23-11-5-10-20-19(22)16-8-9-17-18(12-16)24-13-21-17/h2-4,6-9,12-14H,5,10-11H2,1H3,(H,20,22)/t14-/m0/s1. The van der Waals surface area contributed by atoms with Gasteiger partial charge in [0.2, 0.25) is 0 Å². The minimum absolute atomic E-state index is 0.0543. The van der Waals surface area contributed by atoms with Crippen molar-refractivity contribution in [2.45, 2.75) is 19.4 Å². The number of fused-ring (bicyclic) bond motifs is 1. The molecule has 0 saturated heterocycles. The van der Waals surface area contributed by atoms with E-state index in [1.807, 2.05) is 43.3 Å². The summed E-state index contributed by atoms with van der Waals surface area (Å²) in [4.78, 5) is 16.4. The zero-order valence-corrected chi connectivity index (χ0v) is 14.4. The predicted octanol–water partition coefficient (Wildman–Crippen LogP) is 4.19. The number of ether oxygens (including phenoxy) is 1. The molecule has 124 valence electrons. The normalized spacial score (nSPS) is 12.2. The van der Waals surface area contributed by atoms with Crippen LogP contribution in [0.5, 0.6) is 0 Å². The molecule has 4 nitrogen and oxygen atoms in total. The molecule has 5 heteroatoms. The van der Waals surface area contributed by atoms with Gasteiger partial charge >= 0.3 is 0 Å². The Balaban J connectivity index is 1.40. The van der Waals surface area contributed by atoms with Crippen LogP contribution >= 0.6 is 11.3 Å². The highest BCUT2D eigenvalue weighted by Gasteiger charge is 2.08. The fraction of sp³-hybridized carbons (Fsp3) is 0.263. The number of benzene rings is 2. The molecule has 1 aromatic heterocycles. The zero-order chi connectivity index (χ0) is 16.8. The van der Waals surface area contributed by atoms with Crippen molar-refractivity contribution >= 4 is 27.5 Å². The van der Waals surface area contributed by atoms with Crippen LogP contribution in [0.4, 0.5) is 0 Å². The molecule has 0 aliphatic rings. The van der Waals surface area contributed by atoms with Gasteiger partial charge in [-0.15, -0.1) is 11.3 Å². The highest BCUT2D eigenvalue weighted by atomic mass is 32.1. The Morgan fingerprint density at radius 3 is 2.92 bits per heavy atom. The van der Waals surface area contributed by atoms with E-state index in [4.69, 9.17) is 4.74 Å². The SMILES string of the molecule is C[C@H](OCCCNC(=O)c1ccc2ncsc2c1)c1ccccc1. The molecule has 0 fully saturated rings. The van der Waals surface area contributed by atoms with Gasteiger partial charge in [-0.05, 0) is 37.1 Å². The molecule has 2 aromatic carbocycles. The summed E-state index contributed by atoms with van der Waals surface area (Å²) >= 11 is 1.54. The number of rotatable bonds is 7. The van der Waals surface area contributed by atoms with Crippen molar-refractivity contribution in [3.05, 3.63) is 65.2 Å². The van der Waals surface area contributed by atoms with Crippen LogP contribution < -0.4 is 5.32 Å². The molecule has 24 heavy (non-hydrogen) atoms. The molecular weight excluding hydrogens is 320 g/mol. The Morgan fingerprint density at radius 2 is 2.08 bits per heavy atom. The Kier molecular flexibility index (Phi) is 5.56. The first-order valence-electron chi connectivity index (χ1n) is 8.02. The van der Waals surface area contributed by atoms with E-state index in [2.05, 4.69) is 22.4 Å². The van der Waals surface area contributed by atoms with E-state index in [-0.39, 0.29) is 12.0 Å². The van der Waals surface area contributed by atoms with Crippen LogP contribution in [0.2, 0.25) is 0 Å². The lowest BCUT2D eigenvalue weighted by Gasteiger charge is -2.13. The van der Waals surface area contributed by atoms with Gasteiger partial charge in [0.1, 0.15) is 0 Å². The lowest BCUT2D eigenvalue weighted by Crippen LogP contribution is -2.25. The van der Waals surface area contributed by atoms with E-state index in [1.54, 1.807) is 16.8 Å². The average Bonchev–Trinajstić information content (AvgIpc) is 3.09. The van der Waals surface area contributed by atoms with Gasteiger partial charge in [0.15, 0.2) is 0 Å². The predicted molar refractivity (Wildman–Crippen MR) is 97.4 cm³/mol. The van der Waals surface area contributed by atoms with Crippen LogP contribution in [-0.2, 0) is 4.74 Å². The largest absolute Gasteiger partial charge is 0.374 e. The van der Waals surface area contributed by atoms with Gasteiger partial charge in [-0.3, -0.25) is 4.79 Å². The number of nitrogens with one attached hydrogen (secondary N) is 1. The van der Waals surface area contributed by atoms with Crippen molar-refractivity contribution in [3.8, 4) is 0 Å². The Bertz CT molecular complexity index is 801.